The molecule has 1 N–H and O–H groups in total. The molecule has 1 saturated heterocycles. The van der Waals surface area contributed by atoms with E-state index in [-0.39, 0.29) is 5.91 Å². The molecule has 1 fully saturated rings. The van der Waals surface area contributed by atoms with Crippen molar-refractivity contribution in [1.29, 1.82) is 0 Å². The van der Waals surface area contributed by atoms with Gasteiger partial charge in [-0.25, -0.2) is 0 Å². The Balaban J connectivity index is 2.22. The molecular weight excluding hydrogens is 256 g/mol. The van der Waals surface area contributed by atoms with Crippen LogP contribution in [0.25, 0.3) is 0 Å². The fraction of sp³-hybridized carbons (Fsp3) is 0.692. The molecule has 7 heteroatoms. The summed E-state index contributed by atoms with van der Waals surface area (Å²) in [6, 6.07) is 0. The van der Waals surface area contributed by atoms with E-state index in [0.717, 1.165) is 13.1 Å². The molecule has 1 aromatic heterocycles. The maximum atomic E-state index is 11.0. The van der Waals surface area contributed by atoms with Crippen molar-refractivity contribution in [3.8, 4) is 0 Å². The van der Waals surface area contributed by atoms with Gasteiger partial charge in [-0.15, -0.1) is 0 Å². The number of hydrogen-bond acceptors (Lipinski definition) is 6. The van der Waals surface area contributed by atoms with Crippen LogP contribution in [0.1, 0.15) is 32.0 Å². The maximum Gasteiger partial charge on any atom is 0.230 e. The van der Waals surface area contributed by atoms with Crippen LogP contribution in [0.4, 0.5) is 11.9 Å². The summed E-state index contributed by atoms with van der Waals surface area (Å²) in [5, 5.41) is 2.73. The van der Waals surface area contributed by atoms with Crippen LogP contribution in [0.15, 0.2) is 0 Å². The summed E-state index contributed by atoms with van der Waals surface area (Å²) in [6.45, 7) is 3.78. The molecule has 0 bridgehead atoms. The van der Waals surface area contributed by atoms with Crippen LogP contribution in [0.3, 0.4) is 0 Å². The molecule has 0 atom stereocenters. The molecule has 7 nitrogen and oxygen atoms in total. The number of nitrogens with one attached hydrogen (secondary N) is 1. The van der Waals surface area contributed by atoms with E-state index in [1.165, 1.54) is 26.2 Å². The monoisotopic (exact) mass is 278 g/mol. The Hall–Kier alpha value is -1.92. The van der Waals surface area contributed by atoms with Crippen LogP contribution in [0, 0.1) is 0 Å². The van der Waals surface area contributed by atoms with Crippen LogP contribution in [-0.2, 0) is 11.3 Å². The van der Waals surface area contributed by atoms with Gasteiger partial charge in [0.25, 0.3) is 0 Å². The molecule has 0 aromatic carbocycles. The van der Waals surface area contributed by atoms with E-state index < -0.39 is 0 Å². The van der Waals surface area contributed by atoms with Crippen LogP contribution < -0.4 is 15.1 Å². The van der Waals surface area contributed by atoms with Gasteiger partial charge in [0.1, 0.15) is 0 Å². The third-order valence-corrected chi connectivity index (χ3v) is 3.19. The van der Waals surface area contributed by atoms with Crippen molar-refractivity contribution in [3.63, 3.8) is 0 Å². The predicted octanol–water partition coefficient (Wildman–Crippen LogP) is 0.564. The van der Waals surface area contributed by atoms with Gasteiger partial charge in [-0.2, -0.15) is 15.0 Å². The smallest absolute Gasteiger partial charge is 0.230 e. The van der Waals surface area contributed by atoms with Gasteiger partial charge in [-0.05, 0) is 19.3 Å². The number of anilines is 2. The van der Waals surface area contributed by atoms with E-state index in [1.807, 2.05) is 19.0 Å². The van der Waals surface area contributed by atoms with Gasteiger partial charge in [0, 0.05) is 34.1 Å². The van der Waals surface area contributed by atoms with Gasteiger partial charge in [-0.1, -0.05) is 0 Å². The van der Waals surface area contributed by atoms with Gasteiger partial charge in [0.05, 0.1) is 6.54 Å². The second kappa shape index (κ2) is 6.49. The zero-order valence-electron chi connectivity index (χ0n) is 12.4. The summed E-state index contributed by atoms with van der Waals surface area (Å²) in [5.74, 6) is 1.85. The molecule has 0 saturated carbocycles. The lowest BCUT2D eigenvalue weighted by atomic mass is 10.1. The minimum absolute atomic E-state index is 0.0867. The van der Waals surface area contributed by atoms with Crippen LogP contribution in [0.5, 0.6) is 0 Å². The van der Waals surface area contributed by atoms with Crippen molar-refractivity contribution in [2.75, 3.05) is 37.0 Å². The molecule has 2 rings (SSSR count). The van der Waals surface area contributed by atoms with Crippen molar-refractivity contribution in [1.82, 2.24) is 20.3 Å². The molecule has 1 aliphatic rings. The number of rotatable bonds is 4. The Labute approximate surface area is 119 Å². The van der Waals surface area contributed by atoms with Gasteiger partial charge < -0.3 is 15.1 Å². The second-order valence-corrected chi connectivity index (χ2v) is 5.20. The molecule has 1 aliphatic heterocycles. The molecular formula is C13H22N6O. The number of carbonyl (C=O) groups is 1. The lowest BCUT2D eigenvalue weighted by molar-refractivity contribution is -0.119. The minimum Gasteiger partial charge on any atom is -0.349 e. The highest BCUT2D eigenvalue weighted by molar-refractivity contribution is 5.72. The molecule has 0 unspecified atom stereocenters. The second-order valence-electron chi connectivity index (χ2n) is 5.20. The van der Waals surface area contributed by atoms with Crippen molar-refractivity contribution < 1.29 is 4.79 Å². The first-order chi connectivity index (χ1) is 9.56. The number of aromatic nitrogens is 3. The Kier molecular flexibility index (Phi) is 4.70. The van der Waals surface area contributed by atoms with Crippen molar-refractivity contribution >= 4 is 17.8 Å². The summed E-state index contributed by atoms with van der Waals surface area (Å²) < 4.78 is 0. The first-order valence-electron chi connectivity index (χ1n) is 6.98. The third kappa shape index (κ3) is 3.79. The number of piperidine rings is 1. The largest absolute Gasteiger partial charge is 0.349 e. The average Bonchev–Trinajstić information content (AvgIpc) is 2.45. The molecule has 0 aliphatic carbocycles. The normalized spacial score (nSPS) is 15.1. The molecule has 0 spiro atoms. The van der Waals surface area contributed by atoms with Gasteiger partial charge in [-0.3, -0.25) is 4.79 Å². The zero-order valence-corrected chi connectivity index (χ0v) is 12.4. The summed E-state index contributed by atoms with van der Waals surface area (Å²) in [4.78, 5) is 28.4. The highest BCUT2D eigenvalue weighted by atomic mass is 16.1. The minimum atomic E-state index is -0.0867. The molecule has 1 amide bonds. The summed E-state index contributed by atoms with van der Waals surface area (Å²) in [7, 11) is 3.80. The van der Waals surface area contributed by atoms with Crippen LogP contribution in [0.2, 0.25) is 0 Å². The number of nitrogens with zero attached hydrogens (tertiary/aromatic N) is 5. The molecule has 0 radical (unpaired) electrons. The predicted molar refractivity (Wildman–Crippen MR) is 77.7 cm³/mol. The topological polar surface area (TPSA) is 74.2 Å². The Morgan fingerprint density at radius 2 is 1.90 bits per heavy atom. The van der Waals surface area contributed by atoms with E-state index in [2.05, 4.69) is 25.2 Å². The summed E-state index contributed by atoms with van der Waals surface area (Å²) >= 11 is 0. The Bertz CT molecular complexity index is 470. The van der Waals surface area contributed by atoms with Gasteiger partial charge in [0.2, 0.25) is 17.8 Å². The fourth-order valence-electron chi connectivity index (χ4n) is 2.11. The van der Waals surface area contributed by atoms with Gasteiger partial charge in [0.15, 0.2) is 5.82 Å². The van der Waals surface area contributed by atoms with Crippen molar-refractivity contribution in [3.05, 3.63) is 5.82 Å². The van der Waals surface area contributed by atoms with E-state index in [9.17, 15) is 4.79 Å². The third-order valence-electron chi connectivity index (χ3n) is 3.19. The van der Waals surface area contributed by atoms with E-state index in [1.54, 1.807) is 0 Å². The van der Waals surface area contributed by atoms with Gasteiger partial charge >= 0.3 is 0 Å². The highest BCUT2D eigenvalue weighted by Crippen LogP contribution is 2.17. The summed E-state index contributed by atoms with van der Waals surface area (Å²) in [6.07, 6.45) is 3.61. The molecule has 110 valence electrons. The number of amides is 1. The quantitative estimate of drug-likeness (QED) is 0.867. The lowest BCUT2D eigenvalue weighted by Crippen LogP contribution is -2.32. The van der Waals surface area contributed by atoms with Crippen molar-refractivity contribution in [2.45, 2.75) is 32.7 Å². The average molecular weight is 278 g/mol. The Morgan fingerprint density at radius 3 is 2.50 bits per heavy atom. The maximum absolute atomic E-state index is 11.0. The lowest BCUT2D eigenvalue weighted by Gasteiger charge is -2.27. The molecule has 2 heterocycles. The van der Waals surface area contributed by atoms with E-state index >= 15 is 0 Å². The van der Waals surface area contributed by atoms with E-state index in [4.69, 9.17) is 0 Å². The highest BCUT2D eigenvalue weighted by Gasteiger charge is 2.16. The first-order valence-corrected chi connectivity index (χ1v) is 6.98. The zero-order chi connectivity index (χ0) is 14.5. The van der Waals surface area contributed by atoms with Crippen LogP contribution in [-0.4, -0.2) is 48.0 Å². The molecule has 20 heavy (non-hydrogen) atoms. The van der Waals surface area contributed by atoms with Crippen LogP contribution >= 0.6 is 0 Å². The van der Waals surface area contributed by atoms with Crippen molar-refractivity contribution in [2.24, 2.45) is 0 Å². The SMILES string of the molecule is CC(=O)NCc1nc(N(C)C)nc(N2CCCCC2)n1. The first kappa shape index (κ1) is 14.5. The number of carbonyl (C=O) groups excluding carboxylic acids is 1. The number of hydrogen-bond donors (Lipinski definition) is 1. The Morgan fingerprint density at radius 1 is 1.20 bits per heavy atom. The summed E-state index contributed by atoms with van der Waals surface area (Å²) in [5.41, 5.74) is 0. The van der Waals surface area contributed by atoms with E-state index in [0.29, 0.717) is 24.3 Å². The fourth-order valence-corrected chi connectivity index (χ4v) is 2.11. The molecule has 1 aromatic rings. The standard InChI is InChI=1S/C13H22N6O/c1-10(20)14-9-11-15-12(18(2)3)17-13(16-11)19-7-5-4-6-8-19/h4-9H2,1-3H3,(H,14,20).